The number of nitrogens with zero attached hydrogens (tertiary/aromatic N) is 4. The van der Waals surface area contributed by atoms with Gasteiger partial charge in [0.25, 0.3) is 0 Å². The van der Waals surface area contributed by atoms with Crippen LogP contribution in [0.2, 0.25) is 0 Å². The zero-order chi connectivity index (χ0) is 25.0. The number of guanidine groups is 1. The lowest BCUT2D eigenvalue weighted by Crippen LogP contribution is -2.46. The molecule has 4 aromatic rings. The first-order valence-corrected chi connectivity index (χ1v) is 13.2. The third-order valence-electron chi connectivity index (χ3n) is 7.36. The molecule has 1 aliphatic carbocycles. The Morgan fingerprint density at radius 2 is 1.89 bits per heavy atom. The number of hydrogen-bond acceptors (Lipinski definition) is 7. The number of aromatic nitrogens is 3. The van der Waals surface area contributed by atoms with Crippen LogP contribution in [0.5, 0.6) is 5.75 Å². The Hall–Kier alpha value is -4.07. The predicted molar refractivity (Wildman–Crippen MR) is 148 cm³/mol. The molecule has 0 unspecified atom stereocenters. The van der Waals surface area contributed by atoms with E-state index in [1.54, 1.807) is 6.33 Å². The molecule has 0 spiro atoms. The fourth-order valence-electron chi connectivity index (χ4n) is 5.42. The van der Waals surface area contributed by atoms with Crippen molar-refractivity contribution in [1.82, 2.24) is 25.2 Å². The smallest absolute Gasteiger partial charge is 0.191 e. The lowest BCUT2D eigenvalue weighted by atomic mass is 9.91. The van der Waals surface area contributed by atoms with Crippen molar-refractivity contribution < 1.29 is 4.74 Å². The minimum atomic E-state index is 0.363. The third-order valence-corrected chi connectivity index (χ3v) is 7.36. The van der Waals surface area contributed by atoms with E-state index >= 15 is 0 Å². The van der Waals surface area contributed by atoms with Crippen LogP contribution in [0.25, 0.3) is 22.2 Å². The number of nitrogens with one attached hydrogen (secondary N) is 2. The Labute approximate surface area is 217 Å². The van der Waals surface area contributed by atoms with Gasteiger partial charge in [-0.1, -0.05) is 42.5 Å². The summed E-state index contributed by atoms with van der Waals surface area (Å²) in [5, 5.41) is 7.89. The molecule has 1 fully saturated rings. The number of nitrogens with two attached hydrogens (primary N) is 1. The van der Waals surface area contributed by atoms with E-state index in [1.807, 2.05) is 30.3 Å². The van der Waals surface area contributed by atoms with Gasteiger partial charge in [0.05, 0.1) is 5.39 Å². The van der Waals surface area contributed by atoms with E-state index in [0.717, 1.165) is 84.6 Å². The molecule has 2 aromatic heterocycles. The third kappa shape index (κ3) is 5.09. The average molecular weight is 496 g/mol. The molecule has 2 aromatic carbocycles. The van der Waals surface area contributed by atoms with Crippen LogP contribution < -0.4 is 21.1 Å². The molecule has 4 N–H and O–H groups in total. The summed E-state index contributed by atoms with van der Waals surface area (Å²) in [6.07, 6.45) is 9.19. The maximum atomic E-state index is 6.41. The summed E-state index contributed by atoms with van der Waals surface area (Å²) in [7, 11) is 0. The fourth-order valence-corrected chi connectivity index (χ4v) is 5.42. The van der Waals surface area contributed by atoms with Crippen molar-refractivity contribution in [2.75, 3.05) is 18.8 Å². The van der Waals surface area contributed by atoms with Crippen molar-refractivity contribution >= 4 is 22.8 Å². The molecule has 37 heavy (non-hydrogen) atoms. The Morgan fingerprint density at radius 3 is 2.70 bits per heavy atom. The molecule has 0 atom stereocenters. The van der Waals surface area contributed by atoms with E-state index in [9.17, 15) is 0 Å². The fraction of sp³-hybridized carbons (Fsp3) is 0.345. The largest absolute Gasteiger partial charge is 0.489 e. The highest BCUT2D eigenvalue weighted by molar-refractivity contribution is 6.00. The van der Waals surface area contributed by atoms with Crippen molar-refractivity contribution in [2.45, 2.75) is 50.8 Å². The van der Waals surface area contributed by atoms with Crippen molar-refractivity contribution in [3.63, 3.8) is 0 Å². The van der Waals surface area contributed by atoms with Crippen LogP contribution in [-0.4, -0.2) is 39.6 Å². The standard InChI is InChI=1S/C29H33N7O/c30-27-26-25(21-8-4-9-24(16-21)37-18-20-6-2-1-3-7-20)17-36(28(26)34-19-33-27)23-12-10-22(11-13-23)35-29-31-14-5-15-32-29/h1-4,6-9,16-17,19,22-23H,5,10-15,18H2,(H2,30,33,34)(H2,31,32,35). The summed E-state index contributed by atoms with van der Waals surface area (Å²) in [5.74, 6) is 2.29. The minimum Gasteiger partial charge on any atom is -0.489 e. The number of aliphatic imine (C=N–C) groups is 1. The number of fused-ring (bicyclic) bond motifs is 1. The normalized spacial score (nSPS) is 19.7. The molecule has 6 rings (SSSR count). The molecule has 2 aliphatic rings. The quantitative estimate of drug-likeness (QED) is 0.359. The number of benzene rings is 2. The first-order chi connectivity index (χ1) is 18.2. The Bertz CT molecular complexity index is 1390. The van der Waals surface area contributed by atoms with Gasteiger partial charge in [0.1, 0.15) is 30.1 Å². The maximum absolute atomic E-state index is 6.41. The van der Waals surface area contributed by atoms with Gasteiger partial charge in [0, 0.05) is 36.9 Å². The summed E-state index contributed by atoms with van der Waals surface area (Å²) in [6, 6.07) is 19.2. The molecule has 3 heterocycles. The van der Waals surface area contributed by atoms with Gasteiger partial charge in [-0.3, -0.25) is 4.99 Å². The highest BCUT2D eigenvalue weighted by Crippen LogP contribution is 2.38. The Kier molecular flexibility index (Phi) is 6.62. The van der Waals surface area contributed by atoms with Crippen LogP contribution in [0.3, 0.4) is 0 Å². The van der Waals surface area contributed by atoms with Crippen LogP contribution >= 0.6 is 0 Å². The molecule has 190 valence electrons. The first-order valence-electron chi connectivity index (χ1n) is 13.2. The lowest BCUT2D eigenvalue weighted by molar-refractivity contribution is 0.306. The Balaban J connectivity index is 1.23. The topological polar surface area (TPSA) is 102 Å². The molecule has 8 heteroatoms. The van der Waals surface area contributed by atoms with Gasteiger partial charge in [-0.25, -0.2) is 9.97 Å². The zero-order valence-corrected chi connectivity index (χ0v) is 20.9. The minimum absolute atomic E-state index is 0.363. The summed E-state index contributed by atoms with van der Waals surface area (Å²) >= 11 is 0. The van der Waals surface area contributed by atoms with Crippen LogP contribution in [-0.2, 0) is 6.61 Å². The van der Waals surface area contributed by atoms with Gasteiger partial charge in [-0.05, 0) is 55.4 Å². The molecular weight excluding hydrogens is 462 g/mol. The number of rotatable bonds is 6. The number of hydrogen-bond donors (Lipinski definition) is 3. The number of anilines is 1. The van der Waals surface area contributed by atoms with E-state index in [-0.39, 0.29) is 0 Å². The second kappa shape index (κ2) is 10.5. The van der Waals surface area contributed by atoms with E-state index < -0.39 is 0 Å². The highest BCUT2D eigenvalue weighted by Gasteiger charge is 2.26. The van der Waals surface area contributed by atoms with Gasteiger partial charge in [0.15, 0.2) is 5.96 Å². The van der Waals surface area contributed by atoms with E-state index in [0.29, 0.717) is 24.5 Å². The van der Waals surface area contributed by atoms with Gasteiger partial charge >= 0.3 is 0 Å². The summed E-state index contributed by atoms with van der Waals surface area (Å²) < 4.78 is 8.42. The predicted octanol–water partition coefficient (Wildman–Crippen LogP) is 4.68. The van der Waals surface area contributed by atoms with Gasteiger partial charge in [-0.2, -0.15) is 0 Å². The van der Waals surface area contributed by atoms with E-state index in [4.69, 9.17) is 10.5 Å². The summed E-state index contributed by atoms with van der Waals surface area (Å²) in [4.78, 5) is 13.6. The lowest BCUT2D eigenvalue weighted by Gasteiger charge is -2.31. The van der Waals surface area contributed by atoms with Gasteiger partial charge in [-0.15, -0.1) is 0 Å². The molecule has 0 radical (unpaired) electrons. The van der Waals surface area contributed by atoms with Crippen molar-refractivity contribution in [1.29, 1.82) is 0 Å². The zero-order valence-electron chi connectivity index (χ0n) is 20.9. The number of ether oxygens (including phenoxy) is 1. The molecule has 0 saturated heterocycles. The molecule has 8 nitrogen and oxygen atoms in total. The molecule has 0 amide bonds. The maximum Gasteiger partial charge on any atom is 0.191 e. The average Bonchev–Trinajstić information content (AvgIpc) is 3.35. The van der Waals surface area contributed by atoms with Crippen LogP contribution in [0, 0.1) is 0 Å². The van der Waals surface area contributed by atoms with Gasteiger partial charge in [0.2, 0.25) is 0 Å². The van der Waals surface area contributed by atoms with Crippen LogP contribution in [0.4, 0.5) is 5.82 Å². The summed E-state index contributed by atoms with van der Waals surface area (Å²) in [5.41, 5.74) is 10.5. The van der Waals surface area contributed by atoms with Crippen molar-refractivity contribution in [2.24, 2.45) is 4.99 Å². The summed E-state index contributed by atoms with van der Waals surface area (Å²) in [6.45, 7) is 2.43. The first kappa shape index (κ1) is 23.3. The second-order valence-corrected chi connectivity index (χ2v) is 9.87. The molecular formula is C29H33N7O. The highest BCUT2D eigenvalue weighted by atomic mass is 16.5. The van der Waals surface area contributed by atoms with E-state index in [1.165, 1.54) is 0 Å². The molecule has 1 aliphatic heterocycles. The van der Waals surface area contributed by atoms with Gasteiger partial charge < -0.3 is 25.7 Å². The van der Waals surface area contributed by atoms with Crippen molar-refractivity contribution in [3.8, 4) is 16.9 Å². The van der Waals surface area contributed by atoms with E-state index in [2.05, 4.69) is 60.6 Å². The number of nitrogen functional groups attached to an aromatic ring is 1. The molecule has 0 bridgehead atoms. The SMILES string of the molecule is Nc1ncnc2c1c(-c1cccc(OCc3ccccc3)c1)cn2C1CCC(NC2=NCCCN2)CC1. The second-order valence-electron chi connectivity index (χ2n) is 9.87. The van der Waals surface area contributed by atoms with Crippen molar-refractivity contribution in [3.05, 3.63) is 72.7 Å². The molecule has 1 saturated carbocycles. The van der Waals surface area contributed by atoms with Crippen LogP contribution in [0.15, 0.2) is 72.1 Å². The Morgan fingerprint density at radius 1 is 1.03 bits per heavy atom. The van der Waals surface area contributed by atoms with Crippen LogP contribution in [0.1, 0.15) is 43.7 Å². The monoisotopic (exact) mass is 495 g/mol.